The van der Waals surface area contributed by atoms with E-state index in [0.29, 0.717) is 0 Å². The Kier molecular flexibility index (Phi) is 7.05. The predicted molar refractivity (Wildman–Crippen MR) is 249 cm³/mol. The highest BCUT2D eigenvalue weighted by molar-refractivity contribution is 6.94. The second-order valence-electron chi connectivity index (χ2n) is 18.1. The summed E-state index contributed by atoms with van der Waals surface area (Å²) in [6, 6.07) is 63.2. The van der Waals surface area contributed by atoms with E-state index in [9.17, 15) is 0 Å². The van der Waals surface area contributed by atoms with Gasteiger partial charge < -0.3 is 14.1 Å². The summed E-state index contributed by atoms with van der Waals surface area (Å²) in [6.45, 7) is 11.6. The summed E-state index contributed by atoms with van der Waals surface area (Å²) in [4.78, 5) is 5.26. The number of hydrogen-bond donors (Lipinski definition) is 0. The van der Waals surface area contributed by atoms with Crippen molar-refractivity contribution in [3.8, 4) is 33.4 Å². The van der Waals surface area contributed by atoms with Crippen molar-refractivity contribution in [2.75, 3.05) is 9.71 Å². The molecule has 0 radical (unpaired) electrons. The molecular weight excluding hydrogens is 715 g/mol. The lowest BCUT2D eigenvalue weighted by atomic mass is 9.42. The highest BCUT2D eigenvalue weighted by Crippen LogP contribution is 2.57. The van der Waals surface area contributed by atoms with Gasteiger partial charge in [0.05, 0.1) is 5.69 Å². The molecule has 0 saturated heterocycles. The zero-order valence-electron chi connectivity index (χ0n) is 34.0. The molecule has 0 fully saturated rings. The van der Waals surface area contributed by atoms with Crippen LogP contribution in [0.15, 0.2) is 174 Å². The molecule has 59 heavy (non-hydrogen) atoms. The van der Waals surface area contributed by atoms with Gasteiger partial charge >= 0.3 is 6.85 Å². The van der Waals surface area contributed by atoms with Gasteiger partial charge in [0.2, 0.25) is 0 Å². The molecule has 0 bridgehead atoms. The summed E-state index contributed by atoms with van der Waals surface area (Å²) in [7, 11) is 0. The van der Waals surface area contributed by atoms with E-state index in [0.717, 1.165) is 27.6 Å². The van der Waals surface area contributed by atoms with Gasteiger partial charge in [-0.05, 0) is 104 Å². The maximum absolute atomic E-state index is 6.75. The van der Waals surface area contributed by atoms with Crippen LogP contribution in [0.1, 0.15) is 51.3 Å². The molecule has 4 heteroatoms. The molecule has 0 spiro atoms. The van der Waals surface area contributed by atoms with Gasteiger partial charge in [-0.15, -0.1) is 0 Å². The highest BCUT2D eigenvalue weighted by Gasteiger charge is 2.50. The molecule has 3 aliphatic heterocycles. The molecule has 0 aliphatic carbocycles. The van der Waals surface area contributed by atoms with Gasteiger partial charge in [-0.25, -0.2) is 0 Å². The normalized spacial score (nSPS) is 14.6. The quantitative estimate of drug-likeness (QED) is 0.167. The van der Waals surface area contributed by atoms with Crippen molar-refractivity contribution < 1.29 is 4.42 Å². The average molecular weight is 759 g/mol. The van der Waals surface area contributed by atoms with E-state index in [1.807, 2.05) is 0 Å². The fraction of sp³-hybridized carbons (Fsp3) is 0.127. The van der Waals surface area contributed by atoms with E-state index in [1.54, 1.807) is 0 Å². The molecule has 9 aromatic rings. The molecule has 0 amide bonds. The average Bonchev–Trinajstić information content (AvgIpc) is 3.63. The van der Waals surface area contributed by atoms with Gasteiger partial charge in [-0.3, -0.25) is 0 Å². The molecule has 12 rings (SSSR count). The van der Waals surface area contributed by atoms with Gasteiger partial charge in [0.1, 0.15) is 11.2 Å². The monoisotopic (exact) mass is 758 g/mol. The molecule has 0 atom stereocenters. The molecular formula is C55H43BN2O. The lowest BCUT2D eigenvalue weighted by Crippen LogP contribution is -2.63. The number of rotatable bonds is 3. The van der Waals surface area contributed by atoms with Crippen LogP contribution in [0, 0.1) is 0 Å². The molecule has 0 saturated carbocycles. The van der Waals surface area contributed by atoms with Crippen LogP contribution in [-0.2, 0) is 10.8 Å². The Bertz CT molecular complexity index is 3190. The van der Waals surface area contributed by atoms with Gasteiger partial charge in [0, 0.05) is 50.1 Å². The van der Waals surface area contributed by atoms with Crippen LogP contribution in [0.2, 0.25) is 0 Å². The van der Waals surface area contributed by atoms with Crippen molar-refractivity contribution in [3.63, 3.8) is 0 Å². The lowest BCUT2D eigenvalue weighted by molar-refractivity contribution is 0.590. The van der Waals surface area contributed by atoms with Crippen molar-refractivity contribution in [2.45, 2.75) is 45.4 Å². The summed E-state index contributed by atoms with van der Waals surface area (Å²) < 4.78 is 6.75. The number of furan rings is 1. The van der Waals surface area contributed by atoms with E-state index < -0.39 is 0 Å². The van der Waals surface area contributed by atoms with Crippen molar-refractivity contribution in [3.05, 3.63) is 187 Å². The fourth-order valence-electron chi connectivity index (χ4n) is 10.4. The molecule has 0 N–H and O–H groups in total. The number of hydrogen-bond acceptors (Lipinski definition) is 3. The Balaban J connectivity index is 1.26. The number of nitrogens with zero attached hydrogens (tertiary/aromatic N) is 2. The molecule has 4 heterocycles. The third-order valence-corrected chi connectivity index (χ3v) is 13.4. The molecule has 3 nitrogen and oxygen atoms in total. The van der Waals surface area contributed by atoms with Crippen molar-refractivity contribution in [1.29, 1.82) is 0 Å². The number of anilines is 5. The van der Waals surface area contributed by atoms with Gasteiger partial charge in [-0.1, -0.05) is 156 Å². The van der Waals surface area contributed by atoms with Crippen LogP contribution in [0.3, 0.4) is 0 Å². The highest BCUT2D eigenvalue weighted by atomic mass is 16.3. The topological polar surface area (TPSA) is 19.6 Å². The van der Waals surface area contributed by atoms with Crippen molar-refractivity contribution in [1.82, 2.24) is 0 Å². The Morgan fingerprint density at radius 2 is 1.20 bits per heavy atom. The van der Waals surface area contributed by atoms with Crippen molar-refractivity contribution >= 4 is 68.1 Å². The first-order valence-electron chi connectivity index (χ1n) is 20.9. The Labute approximate surface area is 346 Å². The van der Waals surface area contributed by atoms with E-state index >= 15 is 0 Å². The molecule has 8 aromatic carbocycles. The molecule has 282 valence electrons. The summed E-state index contributed by atoms with van der Waals surface area (Å²) in [5.74, 6) is 0. The maximum atomic E-state index is 6.75. The predicted octanol–water partition coefficient (Wildman–Crippen LogP) is 13.6. The minimum Gasteiger partial charge on any atom is -0.456 e. The largest absolute Gasteiger partial charge is 0.456 e. The standard InChI is InChI=1S/C55H43BN2O/c1-54(2,3)37-27-28-46(40(31-37)35-19-10-7-11-20-35)57-48-32-41-38-21-12-15-26-50(38)59-51(41)33-45(48)56-52-42(29-36(30-49(52)57)34-17-8-6-9-18-34)39-22-16-24-44-53(39)58(56)47-25-14-13-23-43(47)55(44,4)5/h6-33H,1-5H3. The first-order chi connectivity index (χ1) is 28.7. The minimum atomic E-state index is -0.193. The summed E-state index contributed by atoms with van der Waals surface area (Å²) in [5.41, 5.74) is 21.6. The summed E-state index contributed by atoms with van der Waals surface area (Å²) in [6.07, 6.45) is 0. The molecule has 1 aromatic heterocycles. The number of para-hydroxylation sites is 3. The van der Waals surface area contributed by atoms with E-state index in [-0.39, 0.29) is 17.7 Å². The lowest BCUT2D eigenvalue weighted by Gasteiger charge is -2.51. The first kappa shape index (κ1) is 34.3. The van der Waals surface area contributed by atoms with Gasteiger partial charge in [0.25, 0.3) is 0 Å². The third kappa shape index (κ3) is 4.83. The zero-order valence-corrected chi connectivity index (χ0v) is 34.0. The second kappa shape index (κ2) is 12.1. The Morgan fingerprint density at radius 1 is 0.492 bits per heavy atom. The van der Waals surface area contributed by atoms with E-state index in [2.05, 4.69) is 214 Å². The Hall–Kier alpha value is -6.78. The van der Waals surface area contributed by atoms with Crippen LogP contribution >= 0.6 is 0 Å². The summed E-state index contributed by atoms with van der Waals surface area (Å²) in [5, 5.41) is 2.25. The molecule has 0 unspecified atom stereocenters. The van der Waals surface area contributed by atoms with Gasteiger partial charge in [0.15, 0.2) is 0 Å². The second-order valence-corrected chi connectivity index (χ2v) is 18.1. The molecule has 3 aliphatic rings. The van der Waals surface area contributed by atoms with Crippen LogP contribution < -0.4 is 20.6 Å². The number of benzene rings is 8. The van der Waals surface area contributed by atoms with Gasteiger partial charge in [-0.2, -0.15) is 0 Å². The smallest absolute Gasteiger partial charge is 0.333 e. The van der Waals surface area contributed by atoms with E-state index in [1.165, 1.54) is 83.7 Å². The van der Waals surface area contributed by atoms with Crippen molar-refractivity contribution in [2.24, 2.45) is 0 Å². The summed E-state index contributed by atoms with van der Waals surface area (Å²) >= 11 is 0. The third-order valence-electron chi connectivity index (χ3n) is 13.4. The fourth-order valence-corrected chi connectivity index (χ4v) is 10.4. The SMILES string of the molecule is CC(C)(C)c1ccc(N2c3cc4c(cc3B3c5c(cc(-c6ccccc6)cc52)-c2cccc5c2N3c2ccccc2C5(C)C)oc2ccccc24)c(-c2ccccc2)c1. The van der Waals surface area contributed by atoms with Crippen LogP contribution in [-0.4, -0.2) is 6.85 Å². The Morgan fingerprint density at radius 3 is 2.00 bits per heavy atom. The zero-order chi connectivity index (χ0) is 39.8. The van der Waals surface area contributed by atoms with Crippen LogP contribution in [0.4, 0.5) is 28.4 Å². The number of fused-ring (bicyclic) bond motifs is 9. The maximum Gasteiger partial charge on any atom is 0.333 e. The first-order valence-corrected chi connectivity index (χ1v) is 20.9. The minimum absolute atomic E-state index is 0.0297. The van der Waals surface area contributed by atoms with Crippen LogP contribution in [0.5, 0.6) is 0 Å². The van der Waals surface area contributed by atoms with Crippen LogP contribution in [0.25, 0.3) is 55.3 Å². The van der Waals surface area contributed by atoms with E-state index in [4.69, 9.17) is 4.42 Å².